The van der Waals surface area contributed by atoms with E-state index in [2.05, 4.69) is 28.3 Å². The monoisotopic (exact) mass is 296 g/mol. The third-order valence-electron chi connectivity index (χ3n) is 2.56. The fourth-order valence-corrected chi connectivity index (χ4v) is 3.19. The zero-order chi connectivity index (χ0) is 13.7. The number of thiazole rings is 1. The Balaban J connectivity index is 2.09. The van der Waals surface area contributed by atoms with E-state index in [-0.39, 0.29) is 5.97 Å². The molecule has 0 radical (unpaired) electrons. The van der Waals surface area contributed by atoms with Gasteiger partial charge in [-0.2, -0.15) is 0 Å². The van der Waals surface area contributed by atoms with E-state index >= 15 is 0 Å². The first-order valence-corrected chi connectivity index (χ1v) is 7.90. The van der Waals surface area contributed by atoms with Crippen molar-refractivity contribution >= 4 is 33.8 Å². The molecule has 4 nitrogen and oxygen atoms in total. The van der Waals surface area contributed by atoms with Gasteiger partial charge in [0.15, 0.2) is 10.8 Å². The van der Waals surface area contributed by atoms with E-state index in [4.69, 9.17) is 4.74 Å². The van der Waals surface area contributed by atoms with Crippen molar-refractivity contribution < 1.29 is 9.53 Å². The molecule has 2 aromatic heterocycles. The highest BCUT2D eigenvalue weighted by atomic mass is 32.1. The van der Waals surface area contributed by atoms with Crippen LogP contribution in [0.2, 0.25) is 0 Å². The predicted molar refractivity (Wildman–Crippen MR) is 79.1 cm³/mol. The van der Waals surface area contributed by atoms with Crippen molar-refractivity contribution in [3.63, 3.8) is 0 Å². The van der Waals surface area contributed by atoms with E-state index < -0.39 is 0 Å². The Bertz CT molecular complexity index is 522. The first-order valence-electron chi connectivity index (χ1n) is 6.14. The van der Waals surface area contributed by atoms with Crippen LogP contribution in [0.4, 0.5) is 5.13 Å². The second-order valence-corrected chi connectivity index (χ2v) is 5.70. The fourth-order valence-electron chi connectivity index (χ4n) is 1.61. The maximum Gasteiger partial charge on any atom is 0.357 e. The third-order valence-corrected chi connectivity index (χ3v) is 4.32. The van der Waals surface area contributed by atoms with Crippen molar-refractivity contribution in [1.82, 2.24) is 4.98 Å². The van der Waals surface area contributed by atoms with Gasteiger partial charge in [0.1, 0.15) is 0 Å². The van der Waals surface area contributed by atoms with Crippen LogP contribution in [0, 0.1) is 0 Å². The lowest BCUT2D eigenvalue weighted by atomic mass is 10.4. The van der Waals surface area contributed by atoms with Gasteiger partial charge < -0.3 is 9.64 Å². The van der Waals surface area contributed by atoms with Crippen molar-refractivity contribution in [2.24, 2.45) is 0 Å². The molecule has 0 N–H and O–H groups in total. The molecule has 19 heavy (non-hydrogen) atoms. The van der Waals surface area contributed by atoms with Crippen LogP contribution in [0.1, 0.15) is 29.2 Å². The topological polar surface area (TPSA) is 42.4 Å². The van der Waals surface area contributed by atoms with Crippen LogP contribution in [0.25, 0.3) is 0 Å². The summed E-state index contributed by atoms with van der Waals surface area (Å²) in [5, 5.41) is 4.68. The summed E-state index contributed by atoms with van der Waals surface area (Å²) in [5.41, 5.74) is 0.395. The van der Waals surface area contributed by atoms with Crippen LogP contribution in [0.5, 0.6) is 0 Å². The van der Waals surface area contributed by atoms with Gasteiger partial charge in [-0.05, 0) is 25.3 Å². The number of rotatable bonds is 6. The molecule has 102 valence electrons. The summed E-state index contributed by atoms with van der Waals surface area (Å²) in [5.74, 6) is -0.350. The highest BCUT2D eigenvalue weighted by Gasteiger charge is 2.15. The van der Waals surface area contributed by atoms with Gasteiger partial charge in [-0.15, -0.1) is 22.7 Å². The zero-order valence-corrected chi connectivity index (χ0v) is 12.6. The van der Waals surface area contributed by atoms with Gasteiger partial charge in [0.05, 0.1) is 13.2 Å². The van der Waals surface area contributed by atoms with E-state index in [1.165, 1.54) is 16.2 Å². The summed E-state index contributed by atoms with van der Waals surface area (Å²) in [7, 11) is 0. The number of carbonyl (C=O) groups excluding carboxylic acids is 1. The minimum atomic E-state index is -0.350. The Morgan fingerprint density at radius 2 is 2.26 bits per heavy atom. The Kier molecular flexibility index (Phi) is 4.93. The lowest BCUT2D eigenvalue weighted by molar-refractivity contribution is 0.0520. The largest absolute Gasteiger partial charge is 0.461 e. The number of nitrogens with zero attached hydrogens (tertiary/aromatic N) is 2. The van der Waals surface area contributed by atoms with Crippen molar-refractivity contribution in [1.29, 1.82) is 0 Å². The summed E-state index contributed by atoms with van der Waals surface area (Å²) in [6.45, 7) is 5.93. The van der Waals surface area contributed by atoms with Gasteiger partial charge in [-0.1, -0.05) is 6.07 Å². The van der Waals surface area contributed by atoms with Gasteiger partial charge >= 0.3 is 5.97 Å². The van der Waals surface area contributed by atoms with Gasteiger partial charge in [0.2, 0.25) is 0 Å². The quantitative estimate of drug-likeness (QED) is 0.766. The SMILES string of the molecule is CCOC(=O)c1csc(N(CC)Cc2cccs2)n1. The molecule has 0 aliphatic carbocycles. The van der Waals surface area contributed by atoms with Crippen molar-refractivity contribution in [3.8, 4) is 0 Å². The summed E-state index contributed by atoms with van der Waals surface area (Å²) in [4.78, 5) is 19.4. The van der Waals surface area contributed by atoms with E-state index in [9.17, 15) is 4.79 Å². The second-order valence-electron chi connectivity index (χ2n) is 3.83. The number of carbonyl (C=O) groups is 1. The lowest BCUT2D eigenvalue weighted by Crippen LogP contribution is -2.21. The Morgan fingerprint density at radius 3 is 2.89 bits per heavy atom. The maximum absolute atomic E-state index is 11.6. The molecule has 0 atom stereocenters. The van der Waals surface area contributed by atoms with E-state index in [0.29, 0.717) is 12.3 Å². The lowest BCUT2D eigenvalue weighted by Gasteiger charge is -2.18. The molecule has 0 aromatic carbocycles. The number of esters is 1. The van der Waals surface area contributed by atoms with Gasteiger partial charge in [-0.3, -0.25) is 0 Å². The second kappa shape index (κ2) is 6.68. The molecule has 0 saturated heterocycles. The molecular weight excluding hydrogens is 280 g/mol. The Hall–Kier alpha value is -1.40. The van der Waals surface area contributed by atoms with Crippen LogP contribution < -0.4 is 4.90 Å². The molecule has 0 aliphatic heterocycles. The van der Waals surface area contributed by atoms with Gasteiger partial charge in [0.25, 0.3) is 0 Å². The van der Waals surface area contributed by atoms with E-state index in [1.54, 1.807) is 23.6 Å². The van der Waals surface area contributed by atoms with Crippen molar-refractivity contribution in [2.45, 2.75) is 20.4 Å². The van der Waals surface area contributed by atoms with E-state index in [0.717, 1.165) is 18.2 Å². The highest BCUT2D eigenvalue weighted by Crippen LogP contribution is 2.23. The first-order chi connectivity index (χ1) is 9.24. The molecule has 0 amide bonds. The molecular formula is C13H16N2O2S2. The Labute approximate surface area is 120 Å². The predicted octanol–water partition coefficient (Wildman–Crippen LogP) is 3.41. The first kappa shape index (κ1) is 14.0. The molecule has 0 bridgehead atoms. The molecule has 2 aromatic rings. The van der Waals surface area contributed by atoms with Crippen LogP contribution >= 0.6 is 22.7 Å². The molecule has 2 heterocycles. The van der Waals surface area contributed by atoms with Gasteiger partial charge in [-0.25, -0.2) is 9.78 Å². The van der Waals surface area contributed by atoms with Gasteiger partial charge in [0, 0.05) is 16.8 Å². The Morgan fingerprint density at radius 1 is 1.42 bits per heavy atom. The highest BCUT2D eigenvalue weighted by molar-refractivity contribution is 7.14. The number of aromatic nitrogens is 1. The molecule has 0 saturated carbocycles. The average molecular weight is 296 g/mol. The third kappa shape index (κ3) is 3.54. The van der Waals surface area contributed by atoms with E-state index in [1.807, 2.05) is 6.07 Å². The molecule has 0 spiro atoms. The minimum Gasteiger partial charge on any atom is -0.461 e. The molecule has 2 rings (SSSR count). The van der Waals surface area contributed by atoms with Crippen molar-refractivity contribution in [2.75, 3.05) is 18.1 Å². The number of thiophene rings is 1. The molecule has 6 heteroatoms. The number of ether oxygens (including phenoxy) is 1. The van der Waals surface area contributed by atoms with Crippen LogP contribution in [-0.2, 0) is 11.3 Å². The van der Waals surface area contributed by atoms with Crippen LogP contribution in [-0.4, -0.2) is 24.1 Å². The number of anilines is 1. The maximum atomic E-state index is 11.6. The number of hydrogen-bond acceptors (Lipinski definition) is 6. The molecule has 0 aliphatic rings. The normalized spacial score (nSPS) is 10.4. The van der Waals surface area contributed by atoms with Crippen LogP contribution in [0.3, 0.4) is 0 Å². The average Bonchev–Trinajstić information content (AvgIpc) is 3.07. The fraction of sp³-hybridized carbons (Fsp3) is 0.385. The summed E-state index contributed by atoms with van der Waals surface area (Å²) < 4.78 is 4.95. The zero-order valence-electron chi connectivity index (χ0n) is 11.0. The molecule has 0 fully saturated rings. The summed E-state index contributed by atoms with van der Waals surface area (Å²) in [6, 6.07) is 4.15. The summed E-state index contributed by atoms with van der Waals surface area (Å²) in [6.07, 6.45) is 0. The summed E-state index contributed by atoms with van der Waals surface area (Å²) >= 11 is 3.20. The smallest absolute Gasteiger partial charge is 0.357 e. The molecule has 0 unspecified atom stereocenters. The van der Waals surface area contributed by atoms with Crippen LogP contribution in [0.15, 0.2) is 22.9 Å². The van der Waals surface area contributed by atoms with Crippen molar-refractivity contribution in [3.05, 3.63) is 33.5 Å². The standard InChI is InChI=1S/C13H16N2O2S2/c1-3-15(8-10-6-5-7-18-10)13-14-11(9-19-13)12(16)17-4-2/h5-7,9H,3-4,8H2,1-2H3. The number of hydrogen-bond donors (Lipinski definition) is 0. The minimum absolute atomic E-state index is 0.350.